The minimum absolute atomic E-state index is 0.254. The number of fused-ring (bicyclic) bond motifs is 1. The highest BCUT2D eigenvalue weighted by molar-refractivity contribution is 6.03. The van der Waals surface area contributed by atoms with Gasteiger partial charge in [0, 0.05) is 12.0 Å². The molecule has 0 unspecified atom stereocenters. The minimum Gasteiger partial charge on any atom is -0.294 e. The molecule has 0 atom stereocenters. The third-order valence-corrected chi connectivity index (χ3v) is 6.15. The SMILES string of the molecule is CCC(CC)CCCc1ccc2c(c1-c1cc(C#N)ccc1C)CCC2=O. The third-order valence-electron chi connectivity index (χ3n) is 6.15. The molecule has 0 N–H and O–H groups in total. The van der Waals surface area contributed by atoms with Gasteiger partial charge in [0.15, 0.2) is 5.78 Å². The van der Waals surface area contributed by atoms with Crippen LogP contribution >= 0.6 is 0 Å². The average Bonchev–Trinajstić information content (AvgIpc) is 3.06. The quantitative estimate of drug-likeness (QED) is 0.572. The van der Waals surface area contributed by atoms with E-state index in [0.29, 0.717) is 12.0 Å². The van der Waals surface area contributed by atoms with Gasteiger partial charge in [-0.2, -0.15) is 5.26 Å². The van der Waals surface area contributed by atoms with Crippen molar-refractivity contribution < 1.29 is 4.79 Å². The van der Waals surface area contributed by atoms with Gasteiger partial charge in [0.1, 0.15) is 0 Å². The predicted molar refractivity (Wildman–Crippen MR) is 111 cm³/mol. The number of aryl methyl sites for hydroxylation is 2. The molecule has 1 aliphatic rings. The zero-order chi connectivity index (χ0) is 19.4. The summed E-state index contributed by atoms with van der Waals surface area (Å²) in [7, 11) is 0. The second-order valence-corrected chi connectivity index (χ2v) is 7.77. The van der Waals surface area contributed by atoms with Crippen molar-refractivity contribution in [2.45, 2.75) is 65.7 Å². The Morgan fingerprint density at radius 2 is 1.85 bits per heavy atom. The van der Waals surface area contributed by atoms with Gasteiger partial charge < -0.3 is 0 Å². The Hall–Kier alpha value is -2.40. The summed E-state index contributed by atoms with van der Waals surface area (Å²) in [6.07, 6.45) is 7.36. The van der Waals surface area contributed by atoms with Crippen LogP contribution in [0.15, 0.2) is 30.3 Å². The van der Waals surface area contributed by atoms with E-state index in [4.69, 9.17) is 0 Å². The van der Waals surface area contributed by atoms with Gasteiger partial charge in [0.05, 0.1) is 11.6 Å². The van der Waals surface area contributed by atoms with Crippen LogP contribution in [0.3, 0.4) is 0 Å². The molecule has 0 heterocycles. The first-order valence-corrected chi connectivity index (χ1v) is 10.3. The van der Waals surface area contributed by atoms with Gasteiger partial charge in [-0.05, 0) is 72.1 Å². The smallest absolute Gasteiger partial charge is 0.163 e. The monoisotopic (exact) mass is 359 g/mol. The van der Waals surface area contributed by atoms with Gasteiger partial charge in [-0.15, -0.1) is 0 Å². The molecule has 0 amide bonds. The average molecular weight is 360 g/mol. The normalized spacial score (nSPS) is 13.1. The van der Waals surface area contributed by atoms with Crippen molar-refractivity contribution in [2.24, 2.45) is 5.92 Å². The maximum Gasteiger partial charge on any atom is 0.163 e. The highest BCUT2D eigenvalue weighted by atomic mass is 16.1. The van der Waals surface area contributed by atoms with E-state index in [1.54, 1.807) is 0 Å². The van der Waals surface area contributed by atoms with Crippen molar-refractivity contribution in [3.8, 4) is 17.2 Å². The number of rotatable bonds is 7. The molecule has 0 saturated carbocycles. The fourth-order valence-electron chi connectivity index (χ4n) is 4.37. The Bertz CT molecular complexity index is 884. The second-order valence-electron chi connectivity index (χ2n) is 7.77. The van der Waals surface area contributed by atoms with E-state index < -0.39 is 0 Å². The molecule has 1 aliphatic carbocycles. The standard InChI is InChI=1S/C25H29NO/c1-4-18(5-2)7-6-8-20-11-12-21-22(13-14-24(21)27)25(20)23-15-19(16-26)10-9-17(23)3/h9-12,15,18H,4-8,13-14H2,1-3H3. The van der Waals surface area contributed by atoms with Crippen molar-refractivity contribution >= 4 is 5.78 Å². The van der Waals surface area contributed by atoms with E-state index in [9.17, 15) is 10.1 Å². The molecule has 27 heavy (non-hydrogen) atoms. The molecule has 2 heteroatoms. The third kappa shape index (κ3) is 3.98. The van der Waals surface area contributed by atoms with E-state index >= 15 is 0 Å². The molecule has 0 fully saturated rings. The van der Waals surface area contributed by atoms with Crippen molar-refractivity contribution in [1.82, 2.24) is 0 Å². The van der Waals surface area contributed by atoms with Crippen molar-refractivity contribution in [1.29, 1.82) is 5.26 Å². The Morgan fingerprint density at radius 1 is 1.07 bits per heavy atom. The first-order chi connectivity index (χ1) is 13.1. The van der Waals surface area contributed by atoms with Crippen LogP contribution in [0.2, 0.25) is 0 Å². The summed E-state index contributed by atoms with van der Waals surface area (Å²) in [5, 5.41) is 9.36. The molecular weight excluding hydrogens is 330 g/mol. The van der Waals surface area contributed by atoms with E-state index in [1.165, 1.54) is 47.9 Å². The highest BCUT2D eigenvalue weighted by Gasteiger charge is 2.25. The van der Waals surface area contributed by atoms with Crippen LogP contribution < -0.4 is 0 Å². The summed E-state index contributed by atoms with van der Waals surface area (Å²) < 4.78 is 0. The van der Waals surface area contributed by atoms with Crippen molar-refractivity contribution in [2.75, 3.05) is 0 Å². The number of ketones is 1. The molecule has 2 aromatic carbocycles. The van der Waals surface area contributed by atoms with E-state index in [1.807, 2.05) is 24.3 Å². The van der Waals surface area contributed by atoms with Gasteiger partial charge >= 0.3 is 0 Å². The number of Topliss-reactive ketones (excluding diaryl/α,β-unsaturated/α-hetero) is 1. The minimum atomic E-state index is 0.254. The molecule has 3 rings (SSSR count). The van der Waals surface area contributed by atoms with Gasteiger partial charge in [-0.3, -0.25) is 4.79 Å². The van der Waals surface area contributed by atoms with Gasteiger partial charge in [-0.25, -0.2) is 0 Å². The molecule has 2 nitrogen and oxygen atoms in total. The number of nitrogens with zero attached hydrogens (tertiary/aromatic N) is 1. The van der Waals surface area contributed by atoms with Crippen LogP contribution in [-0.2, 0) is 12.8 Å². The molecule has 0 spiro atoms. The van der Waals surface area contributed by atoms with Crippen LogP contribution in [0.25, 0.3) is 11.1 Å². The zero-order valence-electron chi connectivity index (χ0n) is 16.8. The van der Waals surface area contributed by atoms with Crippen LogP contribution in [0.1, 0.15) is 78.6 Å². The summed E-state index contributed by atoms with van der Waals surface area (Å²) in [5.41, 5.74) is 7.60. The van der Waals surface area contributed by atoms with Crippen LogP contribution in [-0.4, -0.2) is 5.78 Å². The highest BCUT2D eigenvalue weighted by Crippen LogP contribution is 2.38. The first-order valence-electron chi connectivity index (χ1n) is 10.3. The fourth-order valence-corrected chi connectivity index (χ4v) is 4.37. The van der Waals surface area contributed by atoms with E-state index in [0.717, 1.165) is 29.9 Å². The predicted octanol–water partition coefficient (Wildman–Crippen LogP) is 6.42. The summed E-state index contributed by atoms with van der Waals surface area (Å²) in [6.45, 7) is 6.65. The number of benzene rings is 2. The van der Waals surface area contributed by atoms with Gasteiger partial charge in [0.2, 0.25) is 0 Å². The summed E-state index contributed by atoms with van der Waals surface area (Å²) in [5.74, 6) is 1.05. The van der Waals surface area contributed by atoms with Crippen molar-refractivity contribution in [3.05, 3.63) is 58.1 Å². The van der Waals surface area contributed by atoms with Crippen LogP contribution in [0.5, 0.6) is 0 Å². The Kier molecular flexibility index (Phi) is 6.11. The van der Waals surface area contributed by atoms with Crippen molar-refractivity contribution in [3.63, 3.8) is 0 Å². The number of nitriles is 1. The molecule has 0 bridgehead atoms. The number of carbonyl (C=O) groups excluding carboxylic acids is 1. The molecule has 0 saturated heterocycles. The maximum atomic E-state index is 12.3. The Balaban J connectivity index is 2.03. The van der Waals surface area contributed by atoms with E-state index in [2.05, 4.69) is 32.9 Å². The Morgan fingerprint density at radius 3 is 2.56 bits per heavy atom. The molecule has 140 valence electrons. The second kappa shape index (κ2) is 8.53. The van der Waals surface area contributed by atoms with Crippen LogP contribution in [0, 0.1) is 24.2 Å². The molecule has 0 radical (unpaired) electrons. The summed E-state index contributed by atoms with van der Waals surface area (Å²) in [6, 6.07) is 12.4. The molecule has 0 aliphatic heterocycles. The van der Waals surface area contributed by atoms with Crippen LogP contribution in [0.4, 0.5) is 0 Å². The lowest BCUT2D eigenvalue weighted by Gasteiger charge is -2.18. The lowest BCUT2D eigenvalue weighted by atomic mass is 9.86. The first kappa shape index (κ1) is 19.4. The zero-order valence-corrected chi connectivity index (χ0v) is 16.8. The molecule has 0 aromatic heterocycles. The topological polar surface area (TPSA) is 40.9 Å². The maximum absolute atomic E-state index is 12.3. The van der Waals surface area contributed by atoms with Gasteiger partial charge in [-0.1, -0.05) is 51.3 Å². The molecular formula is C25H29NO. The molecule has 2 aromatic rings. The number of hydrogen-bond donors (Lipinski definition) is 0. The summed E-state index contributed by atoms with van der Waals surface area (Å²) >= 11 is 0. The summed E-state index contributed by atoms with van der Waals surface area (Å²) in [4.78, 5) is 12.3. The van der Waals surface area contributed by atoms with Gasteiger partial charge in [0.25, 0.3) is 0 Å². The van der Waals surface area contributed by atoms with E-state index in [-0.39, 0.29) is 5.78 Å². The number of carbonyl (C=O) groups is 1. The Labute approximate surface area is 163 Å². The largest absolute Gasteiger partial charge is 0.294 e. The number of hydrogen-bond acceptors (Lipinski definition) is 2. The fraction of sp³-hybridized carbons (Fsp3) is 0.440. The lowest BCUT2D eigenvalue weighted by Crippen LogP contribution is -2.02. The lowest BCUT2D eigenvalue weighted by molar-refractivity contribution is 0.0994.